The van der Waals surface area contributed by atoms with Crippen LogP contribution in [0.4, 0.5) is 0 Å². The predicted molar refractivity (Wildman–Crippen MR) is 41.1 cm³/mol. The molecule has 2 heteroatoms. The highest BCUT2D eigenvalue weighted by Gasteiger charge is 2.47. The van der Waals surface area contributed by atoms with Gasteiger partial charge in [-0.25, -0.2) is 0 Å². The van der Waals surface area contributed by atoms with Crippen molar-refractivity contribution in [2.75, 3.05) is 0 Å². The van der Waals surface area contributed by atoms with Gasteiger partial charge in [-0.05, 0) is 24.7 Å². The fourth-order valence-corrected chi connectivity index (χ4v) is 2.51. The fraction of sp³-hybridized carbons (Fsp3) is 0.889. The number of hydrogen-bond donors (Lipinski definition) is 1. The van der Waals surface area contributed by atoms with E-state index in [-0.39, 0.29) is 23.2 Å². The number of aliphatic hydroxyl groups excluding tert-OH is 1. The van der Waals surface area contributed by atoms with E-state index in [1.54, 1.807) is 0 Å². The van der Waals surface area contributed by atoms with Gasteiger partial charge in [0.25, 0.3) is 0 Å². The number of fused-ring (bicyclic) bond motifs is 2. The van der Waals surface area contributed by atoms with Crippen LogP contribution in [0.3, 0.4) is 0 Å². The molecule has 0 aromatic heterocycles. The van der Waals surface area contributed by atoms with E-state index in [0.717, 1.165) is 19.3 Å². The predicted octanol–water partition coefficient (Wildman–Crippen LogP) is 1.13. The summed E-state index contributed by atoms with van der Waals surface area (Å²) >= 11 is 0. The number of rotatable bonds is 0. The highest BCUT2D eigenvalue weighted by atomic mass is 16.3. The van der Waals surface area contributed by atoms with Crippen molar-refractivity contribution >= 4 is 5.78 Å². The van der Waals surface area contributed by atoms with Gasteiger partial charge in [0, 0.05) is 12.3 Å². The highest BCUT2D eigenvalue weighted by Crippen LogP contribution is 2.48. The molecule has 2 aliphatic carbocycles. The summed E-state index contributed by atoms with van der Waals surface area (Å²) in [6, 6.07) is 0. The summed E-state index contributed by atoms with van der Waals surface area (Å²) in [5.41, 5.74) is 0.237. The molecule has 0 saturated heterocycles. The van der Waals surface area contributed by atoms with E-state index >= 15 is 0 Å². The summed E-state index contributed by atoms with van der Waals surface area (Å²) in [5.74, 6) is 0.270. The third-order valence-electron chi connectivity index (χ3n) is 3.24. The standard InChI is InChI=1S/C9H14O2/c1-9-3-2-7(10)6(4-9)8(11)5-9/h6-7,10H,2-5H2,1H3. The molecule has 0 amide bonds. The largest absolute Gasteiger partial charge is 0.392 e. The van der Waals surface area contributed by atoms with Crippen LogP contribution in [0.1, 0.15) is 32.6 Å². The van der Waals surface area contributed by atoms with Gasteiger partial charge in [-0.1, -0.05) is 6.92 Å². The number of hydrogen-bond acceptors (Lipinski definition) is 2. The first-order valence-corrected chi connectivity index (χ1v) is 4.32. The zero-order valence-corrected chi connectivity index (χ0v) is 6.84. The minimum atomic E-state index is -0.335. The van der Waals surface area contributed by atoms with Gasteiger partial charge in [0.2, 0.25) is 0 Å². The average molecular weight is 154 g/mol. The summed E-state index contributed by atoms with van der Waals surface area (Å²) in [6.45, 7) is 2.16. The molecule has 2 rings (SSSR count). The fourth-order valence-electron chi connectivity index (χ4n) is 2.51. The Morgan fingerprint density at radius 2 is 2.36 bits per heavy atom. The van der Waals surface area contributed by atoms with Gasteiger partial charge in [-0.3, -0.25) is 4.79 Å². The van der Waals surface area contributed by atoms with Crippen LogP contribution in [0, 0.1) is 11.3 Å². The summed E-state index contributed by atoms with van der Waals surface area (Å²) < 4.78 is 0. The van der Waals surface area contributed by atoms with Crippen molar-refractivity contribution in [2.45, 2.75) is 38.7 Å². The molecular weight excluding hydrogens is 140 g/mol. The molecule has 2 bridgehead atoms. The number of carbonyl (C=O) groups is 1. The lowest BCUT2D eigenvalue weighted by atomic mass is 9.76. The average Bonchev–Trinajstić information content (AvgIpc) is 2.18. The molecule has 0 radical (unpaired) electrons. The van der Waals surface area contributed by atoms with Gasteiger partial charge in [0.1, 0.15) is 5.78 Å². The smallest absolute Gasteiger partial charge is 0.139 e. The maximum Gasteiger partial charge on any atom is 0.139 e. The van der Waals surface area contributed by atoms with Crippen LogP contribution in [0.25, 0.3) is 0 Å². The first kappa shape index (κ1) is 7.29. The van der Waals surface area contributed by atoms with Gasteiger partial charge in [-0.15, -0.1) is 0 Å². The lowest BCUT2D eigenvalue weighted by molar-refractivity contribution is -0.123. The molecule has 0 aliphatic heterocycles. The molecule has 0 aromatic carbocycles. The van der Waals surface area contributed by atoms with Crippen molar-refractivity contribution in [3.63, 3.8) is 0 Å². The van der Waals surface area contributed by atoms with Crippen LogP contribution in [-0.2, 0) is 4.79 Å². The molecule has 2 aliphatic rings. The van der Waals surface area contributed by atoms with Gasteiger partial charge in [-0.2, -0.15) is 0 Å². The molecule has 3 unspecified atom stereocenters. The maximum atomic E-state index is 11.3. The van der Waals surface area contributed by atoms with Crippen molar-refractivity contribution in [1.29, 1.82) is 0 Å². The Hall–Kier alpha value is -0.370. The Morgan fingerprint density at radius 3 is 3.00 bits per heavy atom. The number of Topliss-reactive ketones (excluding diaryl/α,β-unsaturated/α-hetero) is 1. The Bertz CT molecular complexity index is 200. The van der Waals surface area contributed by atoms with Gasteiger partial charge >= 0.3 is 0 Å². The molecule has 62 valence electrons. The Balaban J connectivity index is 2.24. The van der Waals surface area contributed by atoms with Crippen LogP contribution in [-0.4, -0.2) is 17.0 Å². The zero-order valence-electron chi connectivity index (χ0n) is 6.84. The van der Waals surface area contributed by atoms with E-state index in [2.05, 4.69) is 6.92 Å². The van der Waals surface area contributed by atoms with Crippen LogP contribution in [0.15, 0.2) is 0 Å². The molecule has 0 spiro atoms. The topological polar surface area (TPSA) is 37.3 Å². The second-order valence-electron chi connectivity index (χ2n) is 4.37. The number of ketones is 1. The van der Waals surface area contributed by atoms with Crippen molar-refractivity contribution < 1.29 is 9.90 Å². The number of aliphatic hydroxyl groups is 1. The zero-order chi connectivity index (χ0) is 8.06. The third-order valence-corrected chi connectivity index (χ3v) is 3.24. The van der Waals surface area contributed by atoms with Crippen LogP contribution >= 0.6 is 0 Å². The van der Waals surface area contributed by atoms with E-state index in [1.807, 2.05) is 0 Å². The van der Waals surface area contributed by atoms with Gasteiger partial charge in [0.05, 0.1) is 6.10 Å². The number of carbonyl (C=O) groups excluding carboxylic acids is 1. The Kier molecular flexibility index (Phi) is 1.37. The van der Waals surface area contributed by atoms with E-state index < -0.39 is 0 Å². The molecule has 11 heavy (non-hydrogen) atoms. The lowest BCUT2D eigenvalue weighted by Crippen LogP contribution is -2.29. The van der Waals surface area contributed by atoms with Gasteiger partial charge < -0.3 is 5.11 Å². The van der Waals surface area contributed by atoms with E-state index in [4.69, 9.17) is 0 Å². The second-order valence-corrected chi connectivity index (χ2v) is 4.37. The Morgan fingerprint density at radius 1 is 1.64 bits per heavy atom. The van der Waals surface area contributed by atoms with Gasteiger partial charge in [0.15, 0.2) is 0 Å². The molecule has 0 heterocycles. The summed E-state index contributed by atoms with van der Waals surface area (Å²) in [7, 11) is 0. The Labute approximate surface area is 66.6 Å². The summed E-state index contributed by atoms with van der Waals surface area (Å²) in [4.78, 5) is 11.3. The first-order chi connectivity index (χ1) is 5.11. The van der Waals surface area contributed by atoms with Crippen LogP contribution in [0.2, 0.25) is 0 Å². The second kappa shape index (κ2) is 2.07. The summed E-state index contributed by atoms with van der Waals surface area (Å²) in [5, 5.41) is 9.46. The molecule has 2 saturated carbocycles. The molecule has 0 aromatic rings. The SMILES string of the molecule is CC12CCC(O)C(C1)C(=O)C2. The molecule has 1 N–H and O–H groups in total. The normalized spacial score (nSPS) is 49.8. The molecule has 2 nitrogen and oxygen atoms in total. The van der Waals surface area contributed by atoms with Crippen molar-refractivity contribution in [3.8, 4) is 0 Å². The summed E-state index contributed by atoms with van der Waals surface area (Å²) in [6.07, 6.45) is 3.14. The third kappa shape index (κ3) is 1.00. The first-order valence-electron chi connectivity index (χ1n) is 4.32. The quantitative estimate of drug-likeness (QED) is 0.568. The molecule has 3 atom stereocenters. The highest BCUT2D eigenvalue weighted by molar-refractivity contribution is 5.85. The molecular formula is C9H14O2. The molecule has 2 fully saturated rings. The van der Waals surface area contributed by atoms with E-state index in [0.29, 0.717) is 6.42 Å². The van der Waals surface area contributed by atoms with Crippen LogP contribution < -0.4 is 0 Å². The lowest BCUT2D eigenvalue weighted by Gasteiger charge is -2.30. The van der Waals surface area contributed by atoms with E-state index in [9.17, 15) is 9.90 Å². The van der Waals surface area contributed by atoms with Crippen molar-refractivity contribution in [2.24, 2.45) is 11.3 Å². The monoisotopic (exact) mass is 154 g/mol. The van der Waals surface area contributed by atoms with E-state index in [1.165, 1.54) is 0 Å². The minimum Gasteiger partial charge on any atom is -0.392 e. The van der Waals surface area contributed by atoms with Crippen LogP contribution in [0.5, 0.6) is 0 Å². The van der Waals surface area contributed by atoms with Crippen molar-refractivity contribution in [1.82, 2.24) is 0 Å². The van der Waals surface area contributed by atoms with Crippen molar-refractivity contribution in [3.05, 3.63) is 0 Å². The minimum absolute atomic E-state index is 0.0197. The maximum absolute atomic E-state index is 11.3.